The van der Waals surface area contributed by atoms with Crippen LogP contribution >= 0.6 is 0 Å². The van der Waals surface area contributed by atoms with Crippen molar-refractivity contribution < 1.29 is 17.6 Å². The van der Waals surface area contributed by atoms with Crippen LogP contribution in [0.25, 0.3) is 5.82 Å². The molecule has 3 aromatic rings. The SMILES string of the molecule is CN1C(N)=NC(C)(c2cc(NC(=O)c3cnc(-n4cccn4)cn3)ccc2F)CS1(=O)=O. The van der Waals surface area contributed by atoms with Gasteiger partial charge in [-0.1, -0.05) is 0 Å². The van der Waals surface area contributed by atoms with E-state index in [1.807, 2.05) is 0 Å². The van der Waals surface area contributed by atoms with E-state index in [2.05, 4.69) is 25.4 Å². The van der Waals surface area contributed by atoms with E-state index in [-0.39, 0.29) is 22.9 Å². The Balaban J connectivity index is 1.60. The number of nitrogens with zero attached hydrogens (tertiary/aromatic N) is 6. The number of carbonyl (C=O) groups excluding carboxylic acids is 1. The maximum Gasteiger partial charge on any atom is 0.275 e. The molecule has 1 aromatic carbocycles. The van der Waals surface area contributed by atoms with Gasteiger partial charge in [0.15, 0.2) is 5.82 Å². The lowest BCUT2D eigenvalue weighted by atomic mass is 9.93. The molecule has 0 saturated heterocycles. The molecule has 2 aromatic heterocycles. The van der Waals surface area contributed by atoms with Crippen molar-refractivity contribution in [3.8, 4) is 5.82 Å². The van der Waals surface area contributed by atoms with Crippen molar-refractivity contribution in [3.05, 3.63) is 66.1 Å². The minimum Gasteiger partial charge on any atom is -0.369 e. The third-order valence-electron chi connectivity index (χ3n) is 4.98. The van der Waals surface area contributed by atoms with E-state index in [1.165, 1.54) is 43.2 Å². The van der Waals surface area contributed by atoms with Crippen molar-refractivity contribution in [1.82, 2.24) is 24.1 Å². The predicted molar refractivity (Wildman–Crippen MR) is 114 cm³/mol. The van der Waals surface area contributed by atoms with Crippen molar-refractivity contribution in [2.45, 2.75) is 12.5 Å². The average Bonchev–Trinajstić information content (AvgIpc) is 3.28. The van der Waals surface area contributed by atoms with Gasteiger partial charge in [0.1, 0.15) is 17.1 Å². The van der Waals surface area contributed by atoms with Crippen LogP contribution in [0.1, 0.15) is 23.0 Å². The Hall–Kier alpha value is -3.87. The summed E-state index contributed by atoms with van der Waals surface area (Å²) < 4.78 is 41.8. The Kier molecular flexibility index (Phi) is 5.12. The molecule has 0 bridgehead atoms. The minimum absolute atomic E-state index is 0.0185. The highest BCUT2D eigenvalue weighted by Gasteiger charge is 2.41. The maximum absolute atomic E-state index is 14.7. The van der Waals surface area contributed by atoms with Crippen molar-refractivity contribution >= 4 is 27.6 Å². The van der Waals surface area contributed by atoms with Crippen LogP contribution in [0.3, 0.4) is 0 Å². The Morgan fingerprint density at radius 2 is 2.06 bits per heavy atom. The molecule has 1 amide bonds. The number of sulfonamides is 1. The van der Waals surface area contributed by atoms with Gasteiger partial charge in [0.2, 0.25) is 16.0 Å². The van der Waals surface area contributed by atoms with Gasteiger partial charge in [0.05, 0.1) is 18.1 Å². The second kappa shape index (κ2) is 7.67. The summed E-state index contributed by atoms with van der Waals surface area (Å²) in [6.45, 7) is 1.47. The molecular weight excluding hydrogens is 439 g/mol. The van der Waals surface area contributed by atoms with Gasteiger partial charge < -0.3 is 11.1 Å². The van der Waals surface area contributed by atoms with Gasteiger partial charge in [-0.3, -0.25) is 4.79 Å². The quantitative estimate of drug-likeness (QED) is 0.589. The molecule has 32 heavy (non-hydrogen) atoms. The van der Waals surface area contributed by atoms with E-state index < -0.39 is 33.0 Å². The first-order chi connectivity index (χ1) is 15.1. The van der Waals surface area contributed by atoms with Gasteiger partial charge in [0, 0.05) is 30.7 Å². The van der Waals surface area contributed by atoms with E-state index in [0.717, 1.165) is 10.4 Å². The third-order valence-corrected chi connectivity index (χ3v) is 6.93. The van der Waals surface area contributed by atoms with Crippen LogP contribution in [0.5, 0.6) is 0 Å². The van der Waals surface area contributed by atoms with Crippen LogP contribution in [0.15, 0.2) is 54.0 Å². The minimum atomic E-state index is -3.79. The molecule has 1 aliphatic rings. The number of carbonyl (C=O) groups is 1. The molecule has 0 saturated carbocycles. The van der Waals surface area contributed by atoms with Gasteiger partial charge in [-0.2, -0.15) is 5.10 Å². The number of nitrogens with two attached hydrogens (primary N) is 1. The molecule has 3 N–H and O–H groups in total. The first-order valence-electron chi connectivity index (χ1n) is 9.34. The topological polar surface area (TPSA) is 148 Å². The number of benzene rings is 1. The number of guanidine groups is 1. The molecule has 11 nitrogen and oxygen atoms in total. The second-order valence-electron chi connectivity index (χ2n) is 7.33. The molecule has 0 fully saturated rings. The monoisotopic (exact) mass is 458 g/mol. The van der Waals surface area contributed by atoms with Crippen molar-refractivity contribution in [3.63, 3.8) is 0 Å². The zero-order chi connectivity index (χ0) is 23.1. The number of anilines is 1. The third kappa shape index (κ3) is 3.89. The van der Waals surface area contributed by atoms with E-state index in [4.69, 9.17) is 5.73 Å². The highest BCUT2D eigenvalue weighted by atomic mass is 32.2. The molecule has 3 heterocycles. The van der Waals surface area contributed by atoms with Crippen LogP contribution in [-0.4, -0.2) is 57.1 Å². The zero-order valence-electron chi connectivity index (χ0n) is 17.1. The number of hydrogen-bond acceptors (Lipinski definition) is 8. The fourth-order valence-electron chi connectivity index (χ4n) is 3.26. The molecule has 1 aliphatic heterocycles. The summed E-state index contributed by atoms with van der Waals surface area (Å²) in [4.78, 5) is 25.0. The highest BCUT2D eigenvalue weighted by Crippen LogP contribution is 2.34. The van der Waals surface area contributed by atoms with Gasteiger partial charge in [-0.15, -0.1) is 0 Å². The van der Waals surface area contributed by atoms with Crippen LogP contribution in [-0.2, 0) is 15.6 Å². The summed E-state index contributed by atoms with van der Waals surface area (Å²) in [6.07, 6.45) is 5.94. The van der Waals surface area contributed by atoms with Gasteiger partial charge in [-0.05, 0) is 31.2 Å². The lowest BCUT2D eigenvalue weighted by Crippen LogP contribution is -2.50. The van der Waals surface area contributed by atoms with E-state index in [1.54, 1.807) is 18.5 Å². The molecule has 1 atom stereocenters. The molecule has 13 heteroatoms. The number of aromatic nitrogens is 4. The number of halogens is 1. The second-order valence-corrected chi connectivity index (χ2v) is 9.33. The number of nitrogens with one attached hydrogen (secondary N) is 1. The number of hydrogen-bond donors (Lipinski definition) is 2. The lowest BCUT2D eigenvalue weighted by Gasteiger charge is -2.34. The van der Waals surface area contributed by atoms with Crippen LogP contribution in [0.2, 0.25) is 0 Å². The summed E-state index contributed by atoms with van der Waals surface area (Å²) in [7, 11) is -2.51. The van der Waals surface area contributed by atoms with Crippen LogP contribution < -0.4 is 11.1 Å². The van der Waals surface area contributed by atoms with Crippen molar-refractivity contribution in [1.29, 1.82) is 0 Å². The van der Waals surface area contributed by atoms with Gasteiger partial charge in [0.25, 0.3) is 5.91 Å². The molecule has 4 rings (SSSR count). The Labute approximate surface area is 182 Å². The van der Waals surface area contributed by atoms with Crippen molar-refractivity contribution in [2.75, 3.05) is 18.1 Å². The van der Waals surface area contributed by atoms with Crippen LogP contribution in [0, 0.1) is 5.82 Å². The van der Waals surface area contributed by atoms with Gasteiger partial charge >= 0.3 is 0 Å². The fourth-order valence-corrected chi connectivity index (χ4v) is 4.71. The number of rotatable bonds is 4. The van der Waals surface area contributed by atoms with Crippen molar-refractivity contribution in [2.24, 2.45) is 10.7 Å². The smallest absolute Gasteiger partial charge is 0.275 e. The molecule has 0 aliphatic carbocycles. The number of amides is 1. The largest absolute Gasteiger partial charge is 0.369 e. The summed E-state index contributed by atoms with van der Waals surface area (Å²) in [5.41, 5.74) is 4.52. The van der Waals surface area contributed by atoms with E-state index in [0.29, 0.717) is 5.82 Å². The molecule has 166 valence electrons. The van der Waals surface area contributed by atoms with E-state index in [9.17, 15) is 17.6 Å². The normalized spacial score (nSPS) is 20.0. The van der Waals surface area contributed by atoms with Crippen LogP contribution in [0.4, 0.5) is 10.1 Å². The Morgan fingerprint density at radius 3 is 2.69 bits per heavy atom. The maximum atomic E-state index is 14.7. The summed E-state index contributed by atoms with van der Waals surface area (Å²) in [6, 6.07) is 5.53. The molecule has 0 radical (unpaired) electrons. The summed E-state index contributed by atoms with van der Waals surface area (Å²) >= 11 is 0. The highest BCUT2D eigenvalue weighted by molar-refractivity contribution is 7.89. The summed E-state index contributed by atoms with van der Waals surface area (Å²) in [5.74, 6) is -1.55. The molecule has 0 spiro atoms. The molecular formula is C19H19FN8O3S. The Morgan fingerprint density at radius 1 is 1.28 bits per heavy atom. The first-order valence-corrected chi connectivity index (χ1v) is 11.0. The standard InChI is InChI=1S/C19H19FN8O3S/c1-19(11-32(30,31)27(2)18(21)26-19)13-8-12(4-5-14(13)20)25-17(29)15-9-23-16(10-22-15)28-7-3-6-24-28/h3-10H,11H2,1-2H3,(H2,21,26)(H,25,29). The lowest BCUT2D eigenvalue weighted by molar-refractivity contribution is 0.102. The van der Waals surface area contributed by atoms with Gasteiger partial charge in [-0.25, -0.2) is 36.8 Å². The first kappa shape index (κ1) is 21.4. The molecule has 1 unspecified atom stereocenters. The fraction of sp³-hybridized carbons (Fsp3) is 0.211. The predicted octanol–water partition coefficient (Wildman–Crippen LogP) is 0.859. The zero-order valence-corrected chi connectivity index (χ0v) is 17.9. The number of aliphatic imine (C=N–C) groups is 1. The average molecular weight is 458 g/mol. The summed E-state index contributed by atoms with van der Waals surface area (Å²) in [5, 5.41) is 6.64. The Bertz CT molecular complexity index is 1310. The van der Waals surface area contributed by atoms with E-state index >= 15 is 0 Å².